The van der Waals surface area contributed by atoms with Gasteiger partial charge in [-0.3, -0.25) is 9.78 Å². The van der Waals surface area contributed by atoms with Crippen molar-refractivity contribution < 1.29 is 14.7 Å². The number of aromatic amines is 1. The molecule has 6 heteroatoms. The van der Waals surface area contributed by atoms with Crippen molar-refractivity contribution in [2.24, 2.45) is 0 Å². The molecule has 0 aliphatic carbocycles. The van der Waals surface area contributed by atoms with E-state index in [-0.39, 0.29) is 11.6 Å². The minimum atomic E-state index is -1.04. The molecule has 22 heavy (non-hydrogen) atoms. The highest BCUT2D eigenvalue weighted by molar-refractivity contribution is 6.01. The lowest BCUT2D eigenvalue weighted by Crippen LogP contribution is -2.48. The Balaban J connectivity index is 1.76. The van der Waals surface area contributed by atoms with Gasteiger partial charge in [-0.15, -0.1) is 0 Å². The summed E-state index contributed by atoms with van der Waals surface area (Å²) in [4.78, 5) is 32.2. The van der Waals surface area contributed by atoms with Gasteiger partial charge in [-0.25, -0.2) is 4.79 Å². The van der Waals surface area contributed by atoms with Crippen molar-refractivity contribution in [3.05, 3.63) is 52.6 Å². The summed E-state index contributed by atoms with van der Waals surface area (Å²) in [6.45, 7) is 4.69. The van der Waals surface area contributed by atoms with Crippen LogP contribution in [0.3, 0.4) is 0 Å². The maximum atomic E-state index is 12.6. The third-order valence-corrected chi connectivity index (χ3v) is 4.21. The highest BCUT2D eigenvalue weighted by Crippen LogP contribution is 2.29. The number of pyridine rings is 1. The van der Waals surface area contributed by atoms with Crippen molar-refractivity contribution in [2.75, 3.05) is 13.1 Å². The molecule has 2 aromatic rings. The summed E-state index contributed by atoms with van der Waals surface area (Å²) in [6, 6.07) is 3.92. The first-order chi connectivity index (χ1) is 10.5. The molecule has 0 bridgehead atoms. The van der Waals surface area contributed by atoms with Gasteiger partial charge >= 0.3 is 5.97 Å². The number of nitrogens with zero attached hydrogens (tertiary/aromatic N) is 2. The summed E-state index contributed by atoms with van der Waals surface area (Å²) in [6.07, 6.45) is 3.50. The molecule has 0 spiro atoms. The maximum Gasteiger partial charge on any atom is 0.352 e. The van der Waals surface area contributed by atoms with E-state index in [1.54, 1.807) is 31.1 Å². The van der Waals surface area contributed by atoms with Crippen LogP contribution in [0.4, 0.5) is 0 Å². The summed E-state index contributed by atoms with van der Waals surface area (Å²) >= 11 is 0. The fourth-order valence-electron chi connectivity index (χ4n) is 2.93. The van der Waals surface area contributed by atoms with Crippen LogP contribution in [0.25, 0.3) is 0 Å². The Bertz CT molecular complexity index is 731. The number of aromatic carboxylic acids is 1. The van der Waals surface area contributed by atoms with Crippen molar-refractivity contribution in [3.8, 4) is 0 Å². The van der Waals surface area contributed by atoms with Crippen molar-refractivity contribution in [2.45, 2.75) is 19.8 Å². The number of carbonyl (C=O) groups excluding carboxylic acids is 1. The van der Waals surface area contributed by atoms with E-state index in [1.165, 1.54) is 5.56 Å². The fourth-order valence-corrected chi connectivity index (χ4v) is 2.93. The highest BCUT2D eigenvalue weighted by Gasteiger charge is 2.34. The Morgan fingerprint density at radius 1 is 1.27 bits per heavy atom. The molecule has 1 amide bonds. The van der Waals surface area contributed by atoms with Gasteiger partial charge < -0.3 is 15.0 Å². The van der Waals surface area contributed by atoms with Gasteiger partial charge in [0.15, 0.2) is 0 Å². The monoisotopic (exact) mass is 299 g/mol. The Morgan fingerprint density at radius 2 is 1.91 bits per heavy atom. The smallest absolute Gasteiger partial charge is 0.352 e. The van der Waals surface area contributed by atoms with Crippen LogP contribution in [-0.2, 0) is 0 Å². The number of carboxylic acid groups (broad SMARTS) is 1. The van der Waals surface area contributed by atoms with Gasteiger partial charge in [0.2, 0.25) is 0 Å². The average molecular weight is 299 g/mol. The third-order valence-electron chi connectivity index (χ3n) is 4.21. The van der Waals surface area contributed by atoms with Gasteiger partial charge in [0.1, 0.15) is 5.69 Å². The summed E-state index contributed by atoms with van der Waals surface area (Å²) in [5.74, 6) is -0.826. The number of carboxylic acids is 1. The van der Waals surface area contributed by atoms with Crippen LogP contribution in [0.2, 0.25) is 0 Å². The van der Waals surface area contributed by atoms with E-state index in [0.717, 1.165) is 0 Å². The van der Waals surface area contributed by atoms with E-state index in [1.807, 2.05) is 12.1 Å². The van der Waals surface area contributed by atoms with E-state index in [2.05, 4.69) is 9.97 Å². The third kappa shape index (κ3) is 2.26. The largest absolute Gasteiger partial charge is 0.477 e. The summed E-state index contributed by atoms with van der Waals surface area (Å²) in [7, 11) is 0. The molecule has 0 unspecified atom stereocenters. The van der Waals surface area contributed by atoms with E-state index < -0.39 is 5.97 Å². The number of amides is 1. The normalized spacial score (nSPS) is 14.7. The minimum absolute atomic E-state index is 0.0899. The zero-order chi connectivity index (χ0) is 15.9. The fraction of sp³-hybridized carbons (Fsp3) is 0.312. The lowest BCUT2D eigenvalue weighted by Gasteiger charge is -2.39. The zero-order valence-corrected chi connectivity index (χ0v) is 12.5. The Hall–Kier alpha value is -2.63. The van der Waals surface area contributed by atoms with Crippen LogP contribution < -0.4 is 0 Å². The number of nitrogens with one attached hydrogen (secondary N) is 1. The SMILES string of the molecule is Cc1[nH]c(C(=O)O)c(C)c1C(=O)N1CC(c2ccncc2)C1. The van der Waals surface area contributed by atoms with Crippen LogP contribution in [-0.4, -0.2) is 44.9 Å². The van der Waals surface area contributed by atoms with Gasteiger partial charge in [-0.05, 0) is 37.1 Å². The molecule has 1 aliphatic rings. The Morgan fingerprint density at radius 3 is 2.45 bits per heavy atom. The molecule has 3 heterocycles. The van der Waals surface area contributed by atoms with Crippen LogP contribution >= 0.6 is 0 Å². The molecule has 0 saturated carbocycles. The van der Waals surface area contributed by atoms with Gasteiger partial charge in [-0.2, -0.15) is 0 Å². The lowest BCUT2D eigenvalue weighted by molar-refractivity contribution is 0.0601. The van der Waals surface area contributed by atoms with Gasteiger partial charge in [0, 0.05) is 37.1 Å². The molecule has 2 aromatic heterocycles. The Kier molecular flexibility index (Phi) is 3.44. The highest BCUT2D eigenvalue weighted by atomic mass is 16.4. The second kappa shape index (κ2) is 5.29. The van der Waals surface area contributed by atoms with E-state index >= 15 is 0 Å². The number of hydrogen-bond acceptors (Lipinski definition) is 3. The molecule has 0 atom stereocenters. The number of aromatic nitrogens is 2. The molecular formula is C16H17N3O3. The van der Waals surface area contributed by atoms with Crippen LogP contribution in [0.15, 0.2) is 24.5 Å². The maximum absolute atomic E-state index is 12.6. The van der Waals surface area contributed by atoms with E-state index in [4.69, 9.17) is 5.11 Å². The average Bonchev–Trinajstić information content (AvgIpc) is 2.73. The first-order valence-electron chi connectivity index (χ1n) is 7.10. The molecule has 1 saturated heterocycles. The molecular weight excluding hydrogens is 282 g/mol. The van der Waals surface area contributed by atoms with Gasteiger partial charge in [0.25, 0.3) is 5.91 Å². The summed E-state index contributed by atoms with van der Waals surface area (Å²) in [5.41, 5.74) is 2.85. The molecule has 0 radical (unpaired) electrons. The zero-order valence-electron chi connectivity index (χ0n) is 12.5. The number of H-pyrrole nitrogens is 1. The first kappa shape index (κ1) is 14.3. The number of hydrogen-bond donors (Lipinski definition) is 2. The number of rotatable bonds is 3. The summed E-state index contributed by atoms with van der Waals surface area (Å²) in [5, 5.41) is 9.12. The number of aryl methyl sites for hydroxylation is 1. The molecule has 3 rings (SSSR count). The lowest BCUT2D eigenvalue weighted by atomic mass is 9.91. The second-order valence-corrected chi connectivity index (χ2v) is 5.62. The summed E-state index contributed by atoms with van der Waals surface area (Å²) < 4.78 is 0. The minimum Gasteiger partial charge on any atom is -0.477 e. The predicted molar refractivity (Wildman–Crippen MR) is 80.1 cm³/mol. The topological polar surface area (TPSA) is 86.3 Å². The van der Waals surface area contributed by atoms with Crippen molar-refractivity contribution in [1.29, 1.82) is 0 Å². The van der Waals surface area contributed by atoms with Gasteiger partial charge in [-0.1, -0.05) is 0 Å². The van der Waals surface area contributed by atoms with Crippen LogP contribution in [0, 0.1) is 13.8 Å². The van der Waals surface area contributed by atoms with E-state index in [0.29, 0.717) is 35.8 Å². The quantitative estimate of drug-likeness (QED) is 0.907. The number of carbonyl (C=O) groups is 2. The molecule has 0 aromatic carbocycles. The second-order valence-electron chi connectivity index (χ2n) is 5.62. The molecule has 6 nitrogen and oxygen atoms in total. The first-order valence-corrected chi connectivity index (χ1v) is 7.10. The standard InChI is InChI=1S/C16H17N3O3/c1-9-13(10(2)18-14(9)16(21)22)15(20)19-7-12(8-19)11-3-5-17-6-4-11/h3-6,12,18H,7-8H2,1-2H3,(H,21,22). The van der Waals surface area contributed by atoms with Gasteiger partial charge in [0.05, 0.1) is 5.56 Å². The molecule has 1 aliphatic heterocycles. The predicted octanol–water partition coefficient (Wildman–Crippen LogP) is 1.96. The molecule has 1 fully saturated rings. The van der Waals surface area contributed by atoms with Crippen LogP contribution in [0.1, 0.15) is 43.6 Å². The van der Waals surface area contributed by atoms with Crippen molar-refractivity contribution in [1.82, 2.24) is 14.9 Å². The Labute approximate surface area is 127 Å². The van der Waals surface area contributed by atoms with Crippen molar-refractivity contribution in [3.63, 3.8) is 0 Å². The van der Waals surface area contributed by atoms with E-state index in [9.17, 15) is 9.59 Å². The molecule has 114 valence electrons. The van der Waals surface area contributed by atoms with Crippen molar-refractivity contribution >= 4 is 11.9 Å². The van der Waals surface area contributed by atoms with Crippen LogP contribution in [0.5, 0.6) is 0 Å². The number of likely N-dealkylation sites (tertiary alicyclic amines) is 1. The molecule has 2 N–H and O–H groups in total.